The van der Waals surface area contributed by atoms with Crippen LogP contribution in [0.1, 0.15) is 38.5 Å². The summed E-state index contributed by atoms with van der Waals surface area (Å²) in [6.45, 7) is 1.18. The second kappa shape index (κ2) is 7.60. The molecule has 0 bridgehead atoms. The molecule has 2 amide bonds. The quantitative estimate of drug-likeness (QED) is 0.704. The van der Waals surface area contributed by atoms with E-state index in [0.717, 1.165) is 32.1 Å². The van der Waals surface area contributed by atoms with Crippen LogP contribution < -0.4 is 5.32 Å². The van der Waals surface area contributed by atoms with Gasteiger partial charge in [0.1, 0.15) is 6.04 Å². The van der Waals surface area contributed by atoms with Gasteiger partial charge in [-0.2, -0.15) is 0 Å². The summed E-state index contributed by atoms with van der Waals surface area (Å²) in [6.07, 6.45) is 4.44. The van der Waals surface area contributed by atoms with Crippen LogP contribution in [0.2, 0.25) is 0 Å². The predicted molar refractivity (Wildman–Crippen MR) is 66.9 cm³/mol. The van der Waals surface area contributed by atoms with Gasteiger partial charge in [0.15, 0.2) is 0 Å². The molecule has 0 radical (unpaired) electrons. The molecule has 0 aliphatic carbocycles. The van der Waals surface area contributed by atoms with Crippen molar-refractivity contribution < 1.29 is 24.6 Å². The molecular weight excluding hydrogens is 252 g/mol. The lowest BCUT2D eigenvalue weighted by Gasteiger charge is -2.26. The molecule has 3 N–H and O–H groups in total. The number of nitrogens with one attached hydrogen (secondary N) is 1. The molecule has 1 saturated heterocycles. The van der Waals surface area contributed by atoms with Crippen LogP contribution in [0, 0.1) is 0 Å². The topological polar surface area (TPSA) is 107 Å². The molecule has 0 aromatic rings. The fraction of sp³-hybridized carbons (Fsp3) is 0.750. The van der Waals surface area contributed by atoms with Crippen LogP contribution in [0.4, 0.5) is 4.79 Å². The Labute approximate surface area is 111 Å². The zero-order valence-electron chi connectivity index (χ0n) is 10.8. The van der Waals surface area contributed by atoms with Crippen LogP contribution in [0.5, 0.6) is 0 Å². The molecule has 0 aromatic carbocycles. The van der Waals surface area contributed by atoms with Gasteiger partial charge >= 0.3 is 18.0 Å². The lowest BCUT2D eigenvalue weighted by atomic mass is 10.1. The minimum absolute atomic E-state index is 0.490. The number of hydrogen-bond acceptors (Lipinski definition) is 3. The Hall–Kier alpha value is -1.79. The molecule has 1 aliphatic heterocycles. The third-order valence-corrected chi connectivity index (χ3v) is 3.12. The summed E-state index contributed by atoms with van der Waals surface area (Å²) in [5.74, 6) is -2.58. The molecule has 108 valence electrons. The summed E-state index contributed by atoms with van der Waals surface area (Å²) < 4.78 is 0. The molecule has 1 aliphatic rings. The average molecular weight is 272 g/mol. The van der Waals surface area contributed by atoms with Crippen LogP contribution in [0.15, 0.2) is 0 Å². The van der Waals surface area contributed by atoms with Crippen LogP contribution in [0.3, 0.4) is 0 Å². The van der Waals surface area contributed by atoms with Gasteiger partial charge < -0.3 is 20.4 Å². The summed E-state index contributed by atoms with van der Waals surface area (Å²) >= 11 is 0. The molecule has 0 spiro atoms. The van der Waals surface area contributed by atoms with Crippen molar-refractivity contribution in [3.05, 3.63) is 0 Å². The van der Waals surface area contributed by atoms with Crippen molar-refractivity contribution in [3.8, 4) is 0 Å². The van der Waals surface area contributed by atoms with E-state index in [0.29, 0.717) is 13.1 Å². The highest BCUT2D eigenvalue weighted by atomic mass is 16.4. The summed E-state index contributed by atoms with van der Waals surface area (Å²) in [4.78, 5) is 34.9. The summed E-state index contributed by atoms with van der Waals surface area (Å²) in [6, 6.07) is -1.87. The lowest BCUT2D eigenvalue weighted by molar-refractivity contribution is -0.145. The monoisotopic (exact) mass is 272 g/mol. The highest BCUT2D eigenvalue weighted by molar-refractivity contribution is 5.86. The molecule has 1 unspecified atom stereocenters. The number of carboxylic acid groups (broad SMARTS) is 2. The first-order valence-electron chi connectivity index (χ1n) is 6.50. The van der Waals surface area contributed by atoms with Crippen LogP contribution >= 0.6 is 0 Å². The van der Waals surface area contributed by atoms with Gasteiger partial charge in [-0.1, -0.05) is 19.3 Å². The SMILES string of the molecule is O=C(O)CC(NC(=O)N1CCCCCCC1)C(=O)O. The Bertz CT molecular complexity index is 337. The number of amides is 2. The Morgan fingerprint density at radius 2 is 1.53 bits per heavy atom. The van der Waals surface area contributed by atoms with Gasteiger partial charge in [-0.3, -0.25) is 4.79 Å². The number of carbonyl (C=O) groups is 3. The van der Waals surface area contributed by atoms with Gasteiger partial charge in [0, 0.05) is 13.1 Å². The number of likely N-dealkylation sites (tertiary alicyclic amines) is 1. The molecule has 0 aromatic heterocycles. The van der Waals surface area contributed by atoms with E-state index in [2.05, 4.69) is 5.32 Å². The largest absolute Gasteiger partial charge is 0.481 e. The van der Waals surface area contributed by atoms with Crippen molar-refractivity contribution in [2.75, 3.05) is 13.1 Å². The first kappa shape index (κ1) is 15.3. The molecule has 19 heavy (non-hydrogen) atoms. The number of carbonyl (C=O) groups excluding carboxylic acids is 1. The highest BCUT2D eigenvalue weighted by Crippen LogP contribution is 2.10. The Kier molecular flexibility index (Phi) is 6.11. The van der Waals surface area contributed by atoms with Gasteiger partial charge in [0.25, 0.3) is 0 Å². The Balaban J connectivity index is 2.53. The summed E-state index contributed by atoms with van der Waals surface area (Å²) in [5, 5.41) is 19.8. The van der Waals surface area contributed by atoms with Gasteiger partial charge in [-0.05, 0) is 12.8 Å². The van der Waals surface area contributed by atoms with Crippen LogP contribution in [-0.4, -0.2) is 52.2 Å². The smallest absolute Gasteiger partial charge is 0.326 e. The normalized spacial score (nSPS) is 18.0. The van der Waals surface area contributed by atoms with E-state index in [1.807, 2.05) is 0 Å². The fourth-order valence-electron chi connectivity index (χ4n) is 2.07. The fourth-order valence-corrected chi connectivity index (χ4v) is 2.07. The maximum atomic E-state index is 11.9. The minimum atomic E-state index is -1.38. The zero-order valence-corrected chi connectivity index (χ0v) is 10.8. The standard InChI is InChI=1S/C12H20N2O5/c15-10(16)8-9(11(17)18)13-12(19)14-6-4-2-1-3-5-7-14/h9H,1-8H2,(H,13,19)(H,15,16)(H,17,18). The van der Waals surface area contributed by atoms with Crippen molar-refractivity contribution in [3.63, 3.8) is 0 Å². The highest BCUT2D eigenvalue weighted by Gasteiger charge is 2.25. The molecule has 1 fully saturated rings. The number of nitrogens with zero attached hydrogens (tertiary/aromatic N) is 1. The van der Waals surface area contributed by atoms with Crippen molar-refractivity contribution in [2.24, 2.45) is 0 Å². The van der Waals surface area contributed by atoms with E-state index in [1.165, 1.54) is 0 Å². The zero-order chi connectivity index (χ0) is 14.3. The molecule has 0 saturated carbocycles. The molecule has 1 atom stereocenters. The lowest BCUT2D eigenvalue weighted by Crippen LogP contribution is -2.49. The maximum absolute atomic E-state index is 11.9. The third kappa shape index (κ3) is 5.58. The average Bonchev–Trinajstić information content (AvgIpc) is 2.26. The first-order chi connectivity index (χ1) is 9.00. The number of urea groups is 1. The molecule has 7 heteroatoms. The Morgan fingerprint density at radius 3 is 2.00 bits per heavy atom. The van der Waals surface area contributed by atoms with Crippen LogP contribution in [0.25, 0.3) is 0 Å². The van der Waals surface area contributed by atoms with Gasteiger partial charge in [0.2, 0.25) is 0 Å². The second-order valence-electron chi connectivity index (χ2n) is 4.69. The van der Waals surface area contributed by atoms with Crippen LogP contribution in [-0.2, 0) is 9.59 Å². The number of rotatable bonds is 4. The summed E-state index contributed by atoms with van der Waals surface area (Å²) in [7, 11) is 0. The number of aliphatic carboxylic acids is 2. The van der Waals surface area contributed by atoms with E-state index in [9.17, 15) is 14.4 Å². The maximum Gasteiger partial charge on any atom is 0.326 e. The van der Waals surface area contributed by atoms with Gasteiger partial charge in [-0.25, -0.2) is 9.59 Å². The predicted octanol–water partition coefficient (Wildman–Crippen LogP) is 0.890. The van der Waals surface area contributed by atoms with E-state index in [-0.39, 0.29) is 0 Å². The summed E-state index contributed by atoms with van der Waals surface area (Å²) in [5.41, 5.74) is 0. The van der Waals surface area contributed by atoms with Crippen molar-refractivity contribution in [1.29, 1.82) is 0 Å². The third-order valence-electron chi connectivity index (χ3n) is 3.12. The van der Waals surface area contributed by atoms with E-state index in [1.54, 1.807) is 4.90 Å². The molecular formula is C12H20N2O5. The van der Waals surface area contributed by atoms with E-state index in [4.69, 9.17) is 10.2 Å². The first-order valence-corrected chi connectivity index (χ1v) is 6.50. The Morgan fingerprint density at radius 1 is 1.00 bits per heavy atom. The van der Waals surface area contributed by atoms with Crippen molar-refractivity contribution in [2.45, 2.75) is 44.6 Å². The van der Waals surface area contributed by atoms with Crippen molar-refractivity contribution in [1.82, 2.24) is 10.2 Å². The van der Waals surface area contributed by atoms with Crippen molar-refractivity contribution >= 4 is 18.0 Å². The van der Waals surface area contributed by atoms with Gasteiger partial charge in [0.05, 0.1) is 6.42 Å². The van der Waals surface area contributed by atoms with E-state index >= 15 is 0 Å². The minimum Gasteiger partial charge on any atom is -0.481 e. The number of carboxylic acids is 2. The second-order valence-corrected chi connectivity index (χ2v) is 4.69. The molecule has 1 heterocycles. The van der Waals surface area contributed by atoms with E-state index < -0.39 is 30.4 Å². The number of hydrogen-bond donors (Lipinski definition) is 3. The molecule has 1 rings (SSSR count). The van der Waals surface area contributed by atoms with Gasteiger partial charge in [-0.15, -0.1) is 0 Å². The molecule has 7 nitrogen and oxygen atoms in total.